The number of carbonyl (C=O) groups excluding carboxylic acids is 1. The minimum Gasteiger partial charge on any atom is -0.319 e. The number of alkyl halides is 1. The van der Waals surface area contributed by atoms with Gasteiger partial charge in [0.25, 0.3) is 5.91 Å². The molecule has 0 aliphatic heterocycles. The van der Waals surface area contributed by atoms with Gasteiger partial charge in [-0.25, -0.2) is 13.2 Å². The first-order valence-corrected chi connectivity index (χ1v) is 6.15. The molecule has 2 rings (SSSR count). The molecule has 104 valence electrons. The summed E-state index contributed by atoms with van der Waals surface area (Å²) in [4.78, 5) is 11.8. The highest BCUT2D eigenvalue weighted by Crippen LogP contribution is 2.20. The standard InChI is InChI=1S/C14H9ClF3NO/c15-7-8-1-3-9(4-2-8)14(20)19-12-6-10(16)5-11(17)13(12)18/h1-6H,7H2,(H,19,20). The summed E-state index contributed by atoms with van der Waals surface area (Å²) in [6.45, 7) is 0. The topological polar surface area (TPSA) is 29.1 Å². The lowest BCUT2D eigenvalue weighted by molar-refractivity contribution is 0.102. The molecule has 0 aliphatic carbocycles. The van der Waals surface area contributed by atoms with Crippen LogP contribution in [-0.2, 0) is 5.88 Å². The second kappa shape index (κ2) is 5.96. The van der Waals surface area contributed by atoms with E-state index in [1.165, 1.54) is 12.1 Å². The van der Waals surface area contributed by atoms with E-state index in [9.17, 15) is 18.0 Å². The van der Waals surface area contributed by atoms with Crippen LogP contribution in [0.5, 0.6) is 0 Å². The van der Waals surface area contributed by atoms with Crippen molar-refractivity contribution in [3.8, 4) is 0 Å². The zero-order chi connectivity index (χ0) is 14.7. The van der Waals surface area contributed by atoms with Crippen molar-refractivity contribution in [1.82, 2.24) is 0 Å². The Balaban J connectivity index is 2.23. The number of halogens is 4. The summed E-state index contributed by atoms with van der Waals surface area (Å²) in [5.74, 6) is -4.02. The van der Waals surface area contributed by atoms with Crippen LogP contribution in [0.2, 0.25) is 0 Å². The lowest BCUT2D eigenvalue weighted by atomic mass is 10.1. The average Bonchev–Trinajstić information content (AvgIpc) is 2.44. The van der Waals surface area contributed by atoms with Gasteiger partial charge in [-0.3, -0.25) is 4.79 Å². The quantitative estimate of drug-likeness (QED) is 0.671. The molecule has 0 saturated heterocycles. The van der Waals surface area contributed by atoms with Crippen LogP contribution in [-0.4, -0.2) is 5.91 Å². The molecule has 2 aromatic carbocycles. The number of hydrogen-bond acceptors (Lipinski definition) is 1. The molecule has 0 heterocycles. The molecule has 0 unspecified atom stereocenters. The Hall–Kier alpha value is -2.01. The fraction of sp³-hybridized carbons (Fsp3) is 0.0714. The second-order valence-corrected chi connectivity index (χ2v) is 4.30. The molecule has 2 aromatic rings. The predicted octanol–water partition coefficient (Wildman–Crippen LogP) is 4.10. The van der Waals surface area contributed by atoms with Gasteiger partial charge in [-0.05, 0) is 17.7 Å². The summed E-state index contributed by atoms with van der Waals surface area (Å²) in [6, 6.07) is 7.35. The number of amides is 1. The molecule has 0 aliphatic rings. The first-order chi connectivity index (χ1) is 9.51. The Morgan fingerprint density at radius 2 is 1.75 bits per heavy atom. The minimum absolute atomic E-state index is 0.225. The van der Waals surface area contributed by atoms with Gasteiger partial charge >= 0.3 is 0 Å². The zero-order valence-corrected chi connectivity index (χ0v) is 10.8. The SMILES string of the molecule is O=C(Nc1cc(F)cc(F)c1F)c1ccc(CCl)cc1. The van der Waals surface area contributed by atoms with Gasteiger partial charge in [-0.15, -0.1) is 11.6 Å². The smallest absolute Gasteiger partial charge is 0.255 e. The predicted molar refractivity (Wildman–Crippen MR) is 70.3 cm³/mol. The Labute approximate surface area is 118 Å². The number of anilines is 1. The van der Waals surface area contributed by atoms with Gasteiger partial charge in [0.1, 0.15) is 5.82 Å². The van der Waals surface area contributed by atoms with E-state index in [0.717, 1.165) is 5.56 Å². The van der Waals surface area contributed by atoms with E-state index < -0.39 is 29.0 Å². The van der Waals surface area contributed by atoms with E-state index in [-0.39, 0.29) is 5.56 Å². The third kappa shape index (κ3) is 3.11. The van der Waals surface area contributed by atoms with Crippen molar-refractivity contribution in [1.29, 1.82) is 0 Å². The molecule has 0 radical (unpaired) electrons. The number of benzene rings is 2. The number of nitrogens with one attached hydrogen (secondary N) is 1. The summed E-state index contributed by atoms with van der Waals surface area (Å²) >= 11 is 5.61. The van der Waals surface area contributed by atoms with Crippen LogP contribution in [0.3, 0.4) is 0 Å². The van der Waals surface area contributed by atoms with Crippen molar-refractivity contribution in [2.24, 2.45) is 0 Å². The van der Waals surface area contributed by atoms with E-state index in [1.54, 1.807) is 12.1 Å². The first kappa shape index (κ1) is 14.4. The van der Waals surface area contributed by atoms with E-state index in [4.69, 9.17) is 11.6 Å². The van der Waals surface area contributed by atoms with E-state index in [1.807, 2.05) is 0 Å². The van der Waals surface area contributed by atoms with E-state index >= 15 is 0 Å². The van der Waals surface area contributed by atoms with Crippen molar-refractivity contribution < 1.29 is 18.0 Å². The Kier molecular flexibility index (Phi) is 4.29. The van der Waals surface area contributed by atoms with Crippen LogP contribution in [0, 0.1) is 17.5 Å². The molecule has 0 atom stereocenters. The number of carbonyl (C=O) groups is 1. The van der Waals surface area contributed by atoms with Crippen LogP contribution >= 0.6 is 11.6 Å². The van der Waals surface area contributed by atoms with Crippen molar-refractivity contribution in [3.63, 3.8) is 0 Å². The third-order valence-corrected chi connectivity index (χ3v) is 2.92. The van der Waals surface area contributed by atoms with Crippen LogP contribution in [0.15, 0.2) is 36.4 Å². The van der Waals surface area contributed by atoms with Gasteiger partial charge in [-0.2, -0.15) is 0 Å². The average molecular weight is 300 g/mol. The van der Waals surface area contributed by atoms with Gasteiger partial charge in [0.15, 0.2) is 11.6 Å². The maximum atomic E-state index is 13.4. The molecule has 6 heteroatoms. The highest BCUT2D eigenvalue weighted by Gasteiger charge is 2.14. The molecule has 1 N–H and O–H groups in total. The van der Waals surface area contributed by atoms with Crippen molar-refractivity contribution in [3.05, 3.63) is 65.0 Å². The normalized spacial score (nSPS) is 10.4. The second-order valence-electron chi connectivity index (χ2n) is 4.03. The summed E-state index contributed by atoms with van der Waals surface area (Å²) in [5, 5.41) is 2.12. The lowest BCUT2D eigenvalue weighted by Crippen LogP contribution is -2.13. The van der Waals surface area contributed by atoms with Crippen LogP contribution in [0.4, 0.5) is 18.9 Å². The molecule has 1 amide bonds. The van der Waals surface area contributed by atoms with Gasteiger partial charge in [0, 0.05) is 23.6 Å². The van der Waals surface area contributed by atoms with Crippen LogP contribution in [0.25, 0.3) is 0 Å². The van der Waals surface area contributed by atoms with Crippen molar-refractivity contribution >= 4 is 23.2 Å². The molecule has 0 aromatic heterocycles. The highest BCUT2D eigenvalue weighted by molar-refractivity contribution is 6.17. The van der Waals surface area contributed by atoms with Gasteiger partial charge in [0.2, 0.25) is 0 Å². The molecular formula is C14H9ClF3NO. The minimum atomic E-state index is -1.36. The molecule has 20 heavy (non-hydrogen) atoms. The van der Waals surface area contributed by atoms with E-state index in [2.05, 4.69) is 5.32 Å². The maximum Gasteiger partial charge on any atom is 0.255 e. The highest BCUT2D eigenvalue weighted by atomic mass is 35.5. The molecule has 0 fully saturated rings. The van der Waals surface area contributed by atoms with Crippen LogP contribution < -0.4 is 5.32 Å². The largest absolute Gasteiger partial charge is 0.319 e. The fourth-order valence-electron chi connectivity index (χ4n) is 1.59. The van der Waals surface area contributed by atoms with Crippen molar-refractivity contribution in [2.75, 3.05) is 5.32 Å². The molecular weight excluding hydrogens is 291 g/mol. The fourth-order valence-corrected chi connectivity index (χ4v) is 1.76. The van der Waals surface area contributed by atoms with Gasteiger partial charge < -0.3 is 5.32 Å². The van der Waals surface area contributed by atoms with Crippen molar-refractivity contribution in [2.45, 2.75) is 5.88 Å². The first-order valence-electron chi connectivity index (χ1n) is 5.62. The maximum absolute atomic E-state index is 13.4. The van der Waals surface area contributed by atoms with Gasteiger partial charge in [-0.1, -0.05) is 12.1 Å². The third-order valence-electron chi connectivity index (χ3n) is 2.61. The summed E-state index contributed by atoms with van der Waals surface area (Å²) in [7, 11) is 0. The Morgan fingerprint density at radius 3 is 2.35 bits per heavy atom. The summed E-state index contributed by atoms with van der Waals surface area (Å²) in [6.07, 6.45) is 0. The molecule has 0 bridgehead atoms. The monoisotopic (exact) mass is 299 g/mol. The Bertz CT molecular complexity index is 644. The lowest BCUT2D eigenvalue weighted by Gasteiger charge is -2.07. The number of hydrogen-bond donors (Lipinski definition) is 1. The molecule has 2 nitrogen and oxygen atoms in total. The van der Waals surface area contributed by atoms with Gasteiger partial charge in [0.05, 0.1) is 5.69 Å². The van der Waals surface area contributed by atoms with Crippen LogP contribution in [0.1, 0.15) is 15.9 Å². The number of rotatable bonds is 3. The zero-order valence-electron chi connectivity index (χ0n) is 10.1. The van der Waals surface area contributed by atoms with E-state index in [0.29, 0.717) is 18.0 Å². The Morgan fingerprint density at radius 1 is 1.10 bits per heavy atom. The molecule has 0 saturated carbocycles. The molecule has 0 spiro atoms. The summed E-state index contributed by atoms with van der Waals surface area (Å²) in [5.41, 5.74) is 0.489. The summed E-state index contributed by atoms with van der Waals surface area (Å²) < 4.78 is 39.4.